The van der Waals surface area contributed by atoms with Gasteiger partial charge in [-0.2, -0.15) is 13.2 Å². The number of hydrogen-bond donors (Lipinski definition) is 4. The number of alkyl halides is 3. The Kier molecular flexibility index (Phi) is 8.27. The van der Waals surface area contributed by atoms with Crippen LogP contribution in [0, 0.1) is 5.41 Å². The second-order valence-electron chi connectivity index (χ2n) is 8.38. The third-order valence-corrected chi connectivity index (χ3v) is 7.50. The molecule has 0 aliphatic rings. The van der Waals surface area contributed by atoms with Crippen LogP contribution in [-0.4, -0.2) is 34.0 Å². The van der Waals surface area contributed by atoms with Crippen molar-refractivity contribution in [1.82, 2.24) is 4.98 Å². The number of nitrogen functional groups attached to an aromatic ring is 1. The molecule has 0 saturated carbocycles. The number of carbonyl (C=O) groups is 2. The van der Waals surface area contributed by atoms with Gasteiger partial charge in [0.25, 0.3) is 0 Å². The number of rotatable bonds is 6. The highest BCUT2D eigenvalue weighted by Crippen LogP contribution is 2.35. The number of thiazole rings is 1. The Morgan fingerprint density at radius 3 is 2.41 bits per heavy atom. The van der Waals surface area contributed by atoms with Crippen LogP contribution in [0.3, 0.4) is 0 Å². The van der Waals surface area contributed by atoms with Gasteiger partial charge in [0.1, 0.15) is 5.84 Å². The predicted octanol–water partition coefficient (Wildman–Crippen LogP) is 6.39. The van der Waals surface area contributed by atoms with Crippen molar-refractivity contribution >= 4 is 66.4 Å². The van der Waals surface area contributed by atoms with Gasteiger partial charge in [0.2, 0.25) is 5.91 Å². The summed E-state index contributed by atoms with van der Waals surface area (Å²) in [5.41, 5.74) is 11.9. The normalized spacial score (nSPS) is 12.0. The van der Waals surface area contributed by atoms with Crippen LogP contribution in [0.25, 0.3) is 20.3 Å². The lowest BCUT2D eigenvalue weighted by Crippen LogP contribution is -2.23. The molecule has 200 valence electrons. The van der Waals surface area contributed by atoms with Crippen LogP contribution in [0.15, 0.2) is 77.6 Å². The van der Waals surface area contributed by atoms with Crippen LogP contribution in [-0.2, 0) is 16.0 Å². The number of carboxylic acids is 1. The molecule has 39 heavy (non-hydrogen) atoms. The summed E-state index contributed by atoms with van der Waals surface area (Å²) in [7, 11) is 0. The zero-order chi connectivity index (χ0) is 28.2. The number of thiophene rings is 1. The molecule has 0 radical (unpaired) electrons. The number of halogens is 3. The molecule has 1 unspecified atom stereocenters. The van der Waals surface area contributed by atoms with Crippen LogP contribution >= 0.6 is 22.7 Å². The lowest BCUT2D eigenvalue weighted by Gasteiger charge is -2.17. The van der Waals surface area contributed by atoms with E-state index in [-0.39, 0.29) is 17.7 Å². The van der Waals surface area contributed by atoms with E-state index in [1.54, 1.807) is 28.2 Å². The highest BCUT2D eigenvalue weighted by molar-refractivity contribution is 7.17. The Morgan fingerprint density at radius 1 is 1.03 bits per heavy atom. The van der Waals surface area contributed by atoms with E-state index in [9.17, 15) is 18.0 Å². The summed E-state index contributed by atoms with van der Waals surface area (Å²) in [5, 5.41) is 21.1. The topological polar surface area (TPSA) is 129 Å². The van der Waals surface area contributed by atoms with Crippen LogP contribution in [0.4, 0.5) is 18.9 Å². The standard InChI is InChI=1S/C25H20N4OS2.C2HF3O2/c26-24(27)16-6-9-22-18(11-16)20(13-31-22)19(10-15-4-2-1-3-5-15)25(30)29-17-7-8-21-23(12-17)32-14-28-21;3-2(4,5)1(6)7/h1-9,11-14,19H,10H2,(H3,26,27)(H,29,30);(H,6,7). The quantitative estimate of drug-likeness (QED) is 0.139. The molecule has 7 nitrogen and oxygen atoms in total. The van der Waals surface area contributed by atoms with Crippen molar-refractivity contribution in [3.05, 3.63) is 94.3 Å². The highest BCUT2D eigenvalue weighted by Gasteiger charge is 2.38. The van der Waals surface area contributed by atoms with Gasteiger partial charge in [0, 0.05) is 16.0 Å². The van der Waals surface area contributed by atoms with Gasteiger partial charge in [-0.25, -0.2) is 9.78 Å². The molecule has 0 spiro atoms. The van der Waals surface area contributed by atoms with Crippen molar-refractivity contribution in [2.75, 3.05) is 5.32 Å². The number of nitrogens with two attached hydrogens (primary N) is 1. The largest absolute Gasteiger partial charge is 0.490 e. The summed E-state index contributed by atoms with van der Waals surface area (Å²) in [6.07, 6.45) is -4.51. The van der Waals surface area contributed by atoms with Crippen molar-refractivity contribution in [3.8, 4) is 0 Å². The van der Waals surface area contributed by atoms with E-state index < -0.39 is 12.1 Å². The van der Waals surface area contributed by atoms with Crippen molar-refractivity contribution < 1.29 is 27.9 Å². The van der Waals surface area contributed by atoms with E-state index in [2.05, 4.69) is 10.3 Å². The van der Waals surface area contributed by atoms with Crippen LogP contribution < -0.4 is 11.1 Å². The molecule has 5 aromatic rings. The monoisotopic (exact) mass is 570 g/mol. The number of amides is 1. The summed E-state index contributed by atoms with van der Waals surface area (Å²) >= 11 is 3.15. The Morgan fingerprint density at radius 2 is 1.74 bits per heavy atom. The number of aromatic nitrogens is 1. The SMILES string of the molecule is N=C(N)c1ccc2scc(C(Cc3ccccc3)C(=O)Nc3ccc4ncsc4c3)c2c1.O=C(O)C(F)(F)F. The predicted molar refractivity (Wildman–Crippen MR) is 148 cm³/mol. The number of fused-ring (bicyclic) bond motifs is 2. The summed E-state index contributed by atoms with van der Waals surface area (Å²) < 4.78 is 33.8. The number of nitrogens with one attached hydrogen (secondary N) is 2. The fraction of sp³-hybridized carbons (Fsp3) is 0.111. The molecule has 12 heteroatoms. The first kappa shape index (κ1) is 27.7. The maximum atomic E-state index is 13.6. The number of nitrogens with zero attached hydrogens (tertiary/aromatic N) is 1. The van der Waals surface area contributed by atoms with Gasteiger partial charge in [0.15, 0.2) is 0 Å². The summed E-state index contributed by atoms with van der Waals surface area (Å²) in [6.45, 7) is 0. The molecule has 5 N–H and O–H groups in total. The maximum absolute atomic E-state index is 13.6. The van der Waals surface area contributed by atoms with Crippen LogP contribution in [0.5, 0.6) is 0 Å². The summed E-state index contributed by atoms with van der Waals surface area (Å²) in [5.74, 6) is -3.19. The summed E-state index contributed by atoms with van der Waals surface area (Å²) in [4.78, 5) is 26.8. The average molecular weight is 571 g/mol. The fourth-order valence-electron chi connectivity index (χ4n) is 3.84. The Bertz CT molecular complexity index is 1650. The zero-order valence-corrected chi connectivity index (χ0v) is 21.7. The number of hydrogen-bond acceptors (Lipinski definition) is 6. The minimum Gasteiger partial charge on any atom is -0.475 e. The molecule has 1 amide bonds. The number of carbonyl (C=O) groups excluding carboxylic acids is 1. The fourth-order valence-corrected chi connectivity index (χ4v) is 5.55. The molecular weight excluding hydrogens is 549 g/mol. The first-order chi connectivity index (χ1) is 18.5. The molecule has 0 fully saturated rings. The highest BCUT2D eigenvalue weighted by atomic mass is 32.1. The van der Waals surface area contributed by atoms with E-state index in [0.29, 0.717) is 12.0 Å². The van der Waals surface area contributed by atoms with Crippen molar-refractivity contribution in [1.29, 1.82) is 5.41 Å². The smallest absolute Gasteiger partial charge is 0.475 e. The van der Waals surface area contributed by atoms with E-state index in [1.807, 2.05) is 72.1 Å². The Hall–Kier alpha value is -4.29. The van der Waals surface area contributed by atoms with E-state index >= 15 is 0 Å². The average Bonchev–Trinajstić information content (AvgIpc) is 3.54. The number of amidine groups is 1. The third kappa shape index (κ3) is 6.78. The molecule has 0 aliphatic carbocycles. The molecule has 0 aliphatic heterocycles. The van der Waals surface area contributed by atoms with Gasteiger partial charge in [-0.05, 0) is 64.7 Å². The van der Waals surface area contributed by atoms with Gasteiger partial charge >= 0.3 is 12.1 Å². The number of carboxylic acid groups (broad SMARTS) is 1. The number of aliphatic carboxylic acids is 1. The minimum absolute atomic E-state index is 0.0194. The Balaban J connectivity index is 0.000000448. The van der Waals surface area contributed by atoms with E-state index in [1.165, 1.54) is 0 Å². The van der Waals surface area contributed by atoms with E-state index in [4.69, 9.17) is 21.0 Å². The van der Waals surface area contributed by atoms with Gasteiger partial charge in [-0.1, -0.05) is 30.3 Å². The van der Waals surface area contributed by atoms with Crippen molar-refractivity contribution in [2.45, 2.75) is 18.5 Å². The van der Waals surface area contributed by atoms with Crippen LogP contribution in [0.2, 0.25) is 0 Å². The van der Waals surface area contributed by atoms with E-state index in [0.717, 1.165) is 37.1 Å². The first-order valence-electron chi connectivity index (χ1n) is 11.4. The first-order valence-corrected chi connectivity index (χ1v) is 13.1. The van der Waals surface area contributed by atoms with Gasteiger partial charge in [-0.3, -0.25) is 10.2 Å². The Labute approximate surface area is 228 Å². The second-order valence-corrected chi connectivity index (χ2v) is 10.2. The molecule has 1 atom stereocenters. The molecule has 5 rings (SSSR count). The zero-order valence-electron chi connectivity index (χ0n) is 20.0. The minimum atomic E-state index is -5.08. The number of anilines is 1. The van der Waals surface area contributed by atoms with Gasteiger partial charge < -0.3 is 16.2 Å². The lowest BCUT2D eigenvalue weighted by atomic mass is 9.90. The maximum Gasteiger partial charge on any atom is 0.490 e. The molecule has 2 aromatic heterocycles. The van der Waals surface area contributed by atoms with Gasteiger partial charge in [0.05, 0.1) is 21.6 Å². The molecule has 0 bridgehead atoms. The molecule has 3 aromatic carbocycles. The van der Waals surface area contributed by atoms with Crippen LogP contribution in [0.1, 0.15) is 22.6 Å². The number of benzene rings is 3. The lowest BCUT2D eigenvalue weighted by molar-refractivity contribution is -0.192. The second kappa shape index (κ2) is 11.6. The molecule has 0 saturated heterocycles. The third-order valence-electron chi connectivity index (χ3n) is 5.73. The molecule has 2 heterocycles. The summed E-state index contributed by atoms with van der Waals surface area (Å²) in [6, 6.07) is 21.5. The van der Waals surface area contributed by atoms with Crippen molar-refractivity contribution in [2.24, 2.45) is 5.73 Å². The molecular formula is C27H21F3N4O3S2. The van der Waals surface area contributed by atoms with Crippen molar-refractivity contribution in [3.63, 3.8) is 0 Å². The van der Waals surface area contributed by atoms with Gasteiger partial charge in [-0.15, -0.1) is 22.7 Å².